The molecule has 100 valence electrons. The van der Waals surface area contributed by atoms with Gasteiger partial charge in [0.1, 0.15) is 17.7 Å². The zero-order valence-electron chi connectivity index (χ0n) is 10.9. The molecule has 0 amide bonds. The van der Waals surface area contributed by atoms with Gasteiger partial charge in [-0.1, -0.05) is 6.92 Å². The topological polar surface area (TPSA) is 44.5 Å². The van der Waals surface area contributed by atoms with E-state index >= 15 is 0 Å². The lowest BCUT2D eigenvalue weighted by atomic mass is 10.0. The van der Waals surface area contributed by atoms with Crippen molar-refractivity contribution in [1.29, 1.82) is 0 Å². The van der Waals surface area contributed by atoms with Crippen LogP contribution in [0.1, 0.15) is 25.8 Å². The molecule has 2 rings (SSSR count). The number of hydrogen-bond donors (Lipinski definition) is 1. The Kier molecular flexibility index (Phi) is 3.88. The van der Waals surface area contributed by atoms with E-state index in [0.29, 0.717) is 19.6 Å². The third-order valence-electron chi connectivity index (χ3n) is 3.56. The summed E-state index contributed by atoms with van der Waals surface area (Å²) in [4.78, 5) is 0. The summed E-state index contributed by atoms with van der Waals surface area (Å²) >= 11 is 0. The summed E-state index contributed by atoms with van der Waals surface area (Å²) in [6, 6.07) is 4.61. The maximum atomic E-state index is 13.1. The van der Waals surface area contributed by atoms with E-state index in [1.54, 1.807) is 6.07 Å². The second-order valence-corrected chi connectivity index (χ2v) is 5.01. The third-order valence-corrected chi connectivity index (χ3v) is 3.56. The molecule has 18 heavy (non-hydrogen) atoms. The van der Waals surface area contributed by atoms with Gasteiger partial charge in [0.15, 0.2) is 0 Å². The molecule has 0 aliphatic carbocycles. The SMILES string of the molecule is CCC(C)(CN)OCC1Cc2cc(F)ccc2O1. The van der Waals surface area contributed by atoms with Gasteiger partial charge in [-0.25, -0.2) is 4.39 Å². The molecule has 0 saturated carbocycles. The van der Waals surface area contributed by atoms with E-state index in [2.05, 4.69) is 0 Å². The number of nitrogens with two attached hydrogens (primary N) is 1. The molecule has 0 saturated heterocycles. The highest BCUT2D eigenvalue weighted by Gasteiger charge is 2.27. The molecular formula is C14H20FNO2. The van der Waals surface area contributed by atoms with Crippen LogP contribution in [-0.2, 0) is 11.2 Å². The molecule has 1 aliphatic rings. The minimum atomic E-state index is -0.302. The highest BCUT2D eigenvalue weighted by molar-refractivity contribution is 5.37. The van der Waals surface area contributed by atoms with E-state index in [1.807, 2.05) is 13.8 Å². The molecule has 2 N–H and O–H groups in total. The van der Waals surface area contributed by atoms with Crippen molar-refractivity contribution < 1.29 is 13.9 Å². The van der Waals surface area contributed by atoms with Gasteiger partial charge in [0.05, 0.1) is 12.2 Å². The molecule has 2 atom stereocenters. The van der Waals surface area contributed by atoms with Crippen LogP contribution in [0.15, 0.2) is 18.2 Å². The number of halogens is 1. The number of hydrogen-bond acceptors (Lipinski definition) is 3. The molecule has 0 spiro atoms. The van der Waals surface area contributed by atoms with Crippen LogP contribution in [0.2, 0.25) is 0 Å². The predicted octanol–water partition coefficient (Wildman–Crippen LogP) is 2.27. The monoisotopic (exact) mass is 253 g/mol. The first kappa shape index (κ1) is 13.3. The Balaban J connectivity index is 1.92. The molecule has 1 aromatic carbocycles. The first-order chi connectivity index (χ1) is 8.56. The van der Waals surface area contributed by atoms with Crippen molar-refractivity contribution in [3.8, 4) is 5.75 Å². The first-order valence-corrected chi connectivity index (χ1v) is 6.35. The minimum Gasteiger partial charge on any atom is -0.487 e. The molecule has 0 aromatic heterocycles. The van der Waals surface area contributed by atoms with Crippen LogP contribution >= 0.6 is 0 Å². The van der Waals surface area contributed by atoms with Crippen molar-refractivity contribution in [2.75, 3.05) is 13.2 Å². The number of benzene rings is 1. The Morgan fingerprint density at radius 3 is 3.00 bits per heavy atom. The quantitative estimate of drug-likeness (QED) is 0.875. The fourth-order valence-corrected chi connectivity index (χ4v) is 1.98. The zero-order chi connectivity index (χ0) is 13.2. The van der Waals surface area contributed by atoms with Crippen molar-refractivity contribution in [3.05, 3.63) is 29.6 Å². The van der Waals surface area contributed by atoms with Crippen LogP contribution < -0.4 is 10.5 Å². The largest absolute Gasteiger partial charge is 0.487 e. The Morgan fingerprint density at radius 1 is 1.56 bits per heavy atom. The maximum absolute atomic E-state index is 13.1. The summed E-state index contributed by atoms with van der Waals surface area (Å²) in [7, 11) is 0. The van der Waals surface area contributed by atoms with Crippen LogP contribution in [0, 0.1) is 5.82 Å². The Hall–Kier alpha value is -1.13. The summed E-state index contributed by atoms with van der Waals surface area (Å²) in [5.74, 6) is 0.537. The predicted molar refractivity (Wildman–Crippen MR) is 68.2 cm³/mol. The number of rotatable bonds is 5. The number of ether oxygens (including phenoxy) is 2. The van der Waals surface area contributed by atoms with E-state index in [-0.39, 0.29) is 17.5 Å². The molecule has 1 aromatic rings. The summed E-state index contributed by atoms with van der Waals surface area (Å²) in [5.41, 5.74) is 6.30. The summed E-state index contributed by atoms with van der Waals surface area (Å²) in [6.45, 7) is 5.01. The lowest BCUT2D eigenvalue weighted by Crippen LogP contribution is -2.39. The molecule has 0 fully saturated rings. The van der Waals surface area contributed by atoms with Crippen LogP contribution in [0.25, 0.3) is 0 Å². The van der Waals surface area contributed by atoms with Gasteiger partial charge in [-0.15, -0.1) is 0 Å². The molecular weight excluding hydrogens is 233 g/mol. The van der Waals surface area contributed by atoms with Crippen molar-refractivity contribution >= 4 is 0 Å². The van der Waals surface area contributed by atoms with Gasteiger partial charge in [0, 0.05) is 18.5 Å². The van der Waals surface area contributed by atoms with Crippen molar-refractivity contribution in [2.24, 2.45) is 5.73 Å². The molecule has 4 heteroatoms. The Bertz CT molecular complexity index is 418. The standard InChI is InChI=1S/C14H20FNO2/c1-3-14(2,9-16)17-8-12-7-10-6-11(15)4-5-13(10)18-12/h4-6,12H,3,7-9,16H2,1-2H3. The molecule has 1 heterocycles. The summed E-state index contributed by atoms with van der Waals surface area (Å²) in [5, 5.41) is 0. The summed E-state index contributed by atoms with van der Waals surface area (Å²) in [6.07, 6.45) is 1.51. The second kappa shape index (κ2) is 5.24. The van der Waals surface area contributed by atoms with E-state index in [1.165, 1.54) is 12.1 Å². The highest BCUT2D eigenvalue weighted by Crippen LogP contribution is 2.30. The minimum absolute atomic E-state index is 0.0424. The average Bonchev–Trinajstić information content (AvgIpc) is 2.78. The highest BCUT2D eigenvalue weighted by atomic mass is 19.1. The van der Waals surface area contributed by atoms with Crippen molar-refractivity contribution in [3.63, 3.8) is 0 Å². The van der Waals surface area contributed by atoms with Crippen LogP contribution in [-0.4, -0.2) is 24.9 Å². The lowest BCUT2D eigenvalue weighted by molar-refractivity contribution is -0.0562. The fraction of sp³-hybridized carbons (Fsp3) is 0.571. The van der Waals surface area contributed by atoms with E-state index in [0.717, 1.165) is 17.7 Å². The van der Waals surface area contributed by atoms with Crippen LogP contribution in [0.5, 0.6) is 5.75 Å². The molecule has 0 bridgehead atoms. The van der Waals surface area contributed by atoms with Gasteiger partial charge in [-0.05, 0) is 31.5 Å². The van der Waals surface area contributed by atoms with Crippen LogP contribution in [0.3, 0.4) is 0 Å². The molecule has 2 unspecified atom stereocenters. The van der Waals surface area contributed by atoms with Crippen molar-refractivity contribution in [2.45, 2.75) is 38.4 Å². The van der Waals surface area contributed by atoms with Gasteiger partial charge < -0.3 is 15.2 Å². The van der Waals surface area contributed by atoms with Gasteiger partial charge in [0.25, 0.3) is 0 Å². The fourth-order valence-electron chi connectivity index (χ4n) is 1.98. The van der Waals surface area contributed by atoms with E-state index in [9.17, 15) is 4.39 Å². The lowest BCUT2D eigenvalue weighted by Gasteiger charge is -2.28. The Labute approximate surface area is 107 Å². The van der Waals surface area contributed by atoms with Gasteiger partial charge >= 0.3 is 0 Å². The normalized spacial score (nSPS) is 21.2. The first-order valence-electron chi connectivity index (χ1n) is 6.35. The third kappa shape index (κ3) is 2.82. The maximum Gasteiger partial charge on any atom is 0.126 e. The van der Waals surface area contributed by atoms with E-state index < -0.39 is 0 Å². The summed E-state index contributed by atoms with van der Waals surface area (Å²) < 4.78 is 24.6. The molecule has 1 aliphatic heterocycles. The van der Waals surface area contributed by atoms with Gasteiger partial charge in [-0.2, -0.15) is 0 Å². The van der Waals surface area contributed by atoms with Crippen LogP contribution in [0.4, 0.5) is 4.39 Å². The Morgan fingerprint density at radius 2 is 2.33 bits per heavy atom. The number of fused-ring (bicyclic) bond motifs is 1. The molecule has 3 nitrogen and oxygen atoms in total. The zero-order valence-corrected chi connectivity index (χ0v) is 10.9. The average molecular weight is 253 g/mol. The second-order valence-electron chi connectivity index (χ2n) is 5.01. The van der Waals surface area contributed by atoms with Gasteiger partial charge in [-0.3, -0.25) is 0 Å². The van der Waals surface area contributed by atoms with Gasteiger partial charge in [0.2, 0.25) is 0 Å². The smallest absolute Gasteiger partial charge is 0.126 e. The molecule has 0 radical (unpaired) electrons. The van der Waals surface area contributed by atoms with E-state index in [4.69, 9.17) is 15.2 Å². The van der Waals surface area contributed by atoms with Crippen molar-refractivity contribution in [1.82, 2.24) is 0 Å².